The van der Waals surface area contributed by atoms with E-state index in [9.17, 15) is 4.79 Å². The van der Waals surface area contributed by atoms with Crippen molar-refractivity contribution in [1.29, 1.82) is 0 Å². The van der Waals surface area contributed by atoms with E-state index in [0.717, 1.165) is 18.4 Å². The van der Waals surface area contributed by atoms with E-state index in [-0.39, 0.29) is 11.3 Å². The Hall–Kier alpha value is -0.830. The second-order valence-corrected chi connectivity index (χ2v) is 5.39. The number of hydrogen-bond donors (Lipinski definition) is 1. The lowest BCUT2D eigenvalue weighted by Crippen LogP contribution is -2.41. The highest BCUT2D eigenvalue weighted by Gasteiger charge is 2.33. The predicted molar refractivity (Wildman–Crippen MR) is 69.8 cm³/mol. The third kappa shape index (κ3) is 4.90. The van der Waals surface area contributed by atoms with Crippen molar-refractivity contribution in [3.8, 4) is 0 Å². The molecule has 1 fully saturated rings. The van der Waals surface area contributed by atoms with Crippen LogP contribution in [0, 0.1) is 5.41 Å². The highest BCUT2D eigenvalue weighted by Crippen LogP contribution is 2.35. The Bertz CT molecular complexity index is 267. The quantitative estimate of drug-likeness (QED) is 0.571. The second kappa shape index (κ2) is 6.80. The van der Waals surface area contributed by atoms with Gasteiger partial charge in [0.05, 0.1) is 13.2 Å². The maximum Gasteiger partial charge on any atom is 0.226 e. The molecule has 1 saturated carbocycles. The molecule has 0 bridgehead atoms. The van der Waals surface area contributed by atoms with Gasteiger partial charge in [-0.05, 0) is 19.8 Å². The van der Waals surface area contributed by atoms with Gasteiger partial charge in [0.15, 0.2) is 0 Å². The molecule has 0 aromatic heterocycles. The minimum Gasteiger partial charge on any atom is -0.375 e. The zero-order valence-electron chi connectivity index (χ0n) is 11.2. The third-order valence-corrected chi connectivity index (χ3v) is 3.39. The average Bonchev–Trinajstić information content (AvgIpc) is 2.29. The van der Waals surface area contributed by atoms with Gasteiger partial charge in [-0.25, -0.2) is 0 Å². The van der Waals surface area contributed by atoms with Crippen LogP contribution in [-0.2, 0) is 9.53 Å². The SMILES string of the molecule is C=C(C)COCCNC(=O)C1(C)CCCCC1. The number of ether oxygens (including phenoxy) is 1. The van der Waals surface area contributed by atoms with Gasteiger partial charge < -0.3 is 10.1 Å². The fourth-order valence-electron chi connectivity index (χ4n) is 2.26. The van der Waals surface area contributed by atoms with Crippen molar-refractivity contribution in [2.45, 2.75) is 46.0 Å². The fraction of sp³-hybridized carbons (Fsp3) is 0.786. The van der Waals surface area contributed by atoms with Crippen molar-refractivity contribution >= 4 is 5.91 Å². The molecule has 1 rings (SSSR count). The van der Waals surface area contributed by atoms with Gasteiger partial charge in [-0.1, -0.05) is 38.3 Å². The largest absolute Gasteiger partial charge is 0.375 e. The molecule has 1 amide bonds. The van der Waals surface area contributed by atoms with Crippen molar-refractivity contribution in [3.05, 3.63) is 12.2 Å². The molecule has 0 heterocycles. The molecule has 0 aliphatic heterocycles. The topological polar surface area (TPSA) is 38.3 Å². The van der Waals surface area contributed by atoms with E-state index < -0.39 is 0 Å². The summed E-state index contributed by atoms with van der Waals surface area (Å²) in [5.41, 5.74) is 0.864. The van der Waals surface area contributed by atoms with Gasteiger partial charge in [-0.15, -0.1) is 0 Å². The second-order valence-electron chi connectivity index (χ2n) is 5.39. The van der Waals surface area contributed by atoms with Crippen LogP contribution >= 0.6 is 0 Å². The van der Waals surface area contributed by atoms with Gasteiger partial charge in [0.1, 0.15) is 0 Å². The van der Waals surface area contributed by atoms with Crippen LogP contribution in [0.5, 0.6) is 0 Å². The minimum atomic E-state index is -0.146. The molecule has 1 aliphatic carbocycles. The summed E-state index contributed by atoms with van der Waals surface area (Å²) in [5, 5.41) is 2.97. The number of carbonyl (C=O) groups is 1. The van der Waals surface area contributed by atoms with Crippen LogP contribution in [0.15, 0.2) is 12.2 Å². The highest BCUT2D eigenvalue weighted by molar-refractivity contribution is 5.82. The molecule has 3 heteroatoms. The van der Waals surface area contributed by atoms with Crippen LogP contribution < -0.4 is 5.32 Å². The molecule has 98 valence electrons. The van der Waals surface area contributed by atoms with Crippen LogP contribution in [0.3, 0.4) is 0 Å². The summed E-state index contributed by atoms with van der Waals surface area (Å²) in [6.45, 7) is 9.51. The molecular weight excluding hydrogens is 214 g/mol. The summed E-state index contributed by atoms with van der Waals surface area (Å²) in [6, 6.07) is 0. The summed E-state index contributed by atoms with van der Waals surface area (Å²) in [7, 11) is 0. The normalized spacial score (nSPS) is 18.7. The van der Waals surface area contributed by atoms with Crippen LogP contribution in [-0.4, -0.2) is 25.7 Å². The Morgan fingerprint density at radius 3 is 2.59 bits per heavy atom. The maximum atomic E-state index is 12.0. The van der Waals surface area contributed by atoms with E-state index in [1.807, 2.05) is 6.92 Å². The first-order valence-corrected chi connectivity index (χ1v) is 6.55. The smallest absolute Gasteiger partial charge is 0.226 e. The van der Waals surface area contributed by atoms with Gasteiger partial charge in [0.2, 0.25) is 5.91 Å². The Morgan fingerprint density at radius 2 is 2.00 bits per heavy atom. The predicted octanol–water partition coefficient (Wildman–Crippen LogP) is 2.67. The van der Waals surface area contributed by atoms with Crippen LogP contribution in [0.2, 0.25) is 0 Å². The summed E-state index contributed by atoms with van der Waals surface area (Å²) < 4.78 is 5.35. The standard InChI is InChI=1S/C14H25NO2/c1-12(2)11-17-10-9-15-13(16)14(3)7-5-4-6-8-14/h1,4-11H2,2-3H3,(H,15,16). The lowest BCUT2D eigenvalue weighted by Gasteiger charge is -2.31. The Kier molecular flexibility index (Phi) is 5.69. The molecule has 3 nitrogen and oxygen atoms in total. The van der Waals surface area contributed by atoms with Crippen molar-refractivity contribution in [3.63, 3.8) is 0 Å². The molecule has 0 atom stereocenters. The van der Waals surface area contributed by atoms with Crippen molar-refractivity contribution in [2.24, 2.45) is 5.41 Å². The van der Waals surface area contributed by atoms with Gasteiger partial charge in [0.25, 0.3) is 0 Å². The number of amides is 1. The van der Waals surface area contributed by atoms with Gasteiger partial charge >= 0.3 is 0 Å². The van der Waals surface area contributed by atoms with Crippen molar-refractivity contribution in [1.82, 2.24) is 5.32 Å². The van der Waals surface area contributed by atoms with Gasteiger partial charge in [-0.2, -0.15) is 0 Å². The van der Waals surface area contributed by atoms with Crippen LogP contribution in [0.4, 0.5) is 0 Å². The molecule has 0 unspecified atom stereocenters. The zero-order chi connectivity index (χ0) is 12.7. The fourth-order valence-corrected chi connectivity index (χ4v) is 2.26. The molecule has 0 radical (unpaired) electrons. The van der Waals surface area contributed by atoms with E-state index in [4.69, 9.17) is 4.74 Å². The van der Waals surface area contributed by atoms with E-state index in [1.165, 1.54) is 19.3 Å². The van der Waals surface area contributed by atoms with Crippen LogP contribution in [0.1, 0.15) is 46.0 Å². The molecule has 0 aromatic carbocycles. The number of hydrogen-bond acceptors (Lipinski definition) is 2. The molecule has 0 spiro atoms. The first-order chi connectivity index (χ1) is 8.04. The van der Waals surface area contributed by atoms with Gasteiger partial charge in [-0.3, -0.25) is 4.79 Å². The number of nitrogens with one attached hydrogen (secondary N) is 1. The molecular formula is C14H25NO2. The first kappa shape index (κ1) is 14.2. The Morgan fingerprint density at radius 1 is 1.35 bits per heavy atom. The zero-order valence-corrected chi connectivity index (χ0v) is 11.2. The highest BCUT2D eigenvalue weighted by atomic mass is 16.5. The summed E-state index contributed by atoms with van der Waals surface area (Å²) in [4.78, 5) is 12.0. The van der Waals surface area contributed by atoms with Crippen molar-refractivity contribution in [2.75, 3.05) is 19.8 Å². The summed E-state index contributed by atoms with van der Waals surface area (Å²) in [6.07, 6.45) is 5.66. The number of rotatable bonds is 6. The van der Waals surface area contributed by atoms with E-state index in [0.29, 0.717) is 19.8 Å². The van der Waals surface area contributed by atoms with E-state index in [2.05, 4.69) is 18.8 Å². The van der Waals surface area contributed by atoms with Crippen molar-refractivity contribution < 1.29 is 9.53 Å². The first-order valence-electron chi connectivity index (χ1n) is 6.55. The molecule has 1 aliphatic rings. The monoisotopic (exact) mass is 239 g/mol. The van der Waals surface area contributed by atoms with Gasteiger partial charge in [0, 0.05) is 12.0 Å². The Labute approximate surface area is 105 Å². The Balaban J connectivity index is 2.17. The third-order valence-electron chi connectivity index (χ3n) is 3.39. The van der Waals surface area contributed by atoms with E-state index in [1.54, 1.807) is 0 Å². The maximum absolute atomic E-state index is 12.0. The molecule has 1 N–H and O–H groups in total. The average molecular weight is 239 g/mol. The number of carbonyl (C=O) groups excluding carboxylic acids is 1. The lowest BCUT2D eigenvalue weighted by molar-refractivity contribution is -0.132. The minimum absolute atomic E-state index is 0.146. The molecule has 0 aromatic rings. The summed E-state index contributed by atoms with van der Waals surface area (Å²) >= 11 is 0. The lowest BCUT2D eigenvalue weighted by atomic mass is 9.75. The molecule has 17 heavy (non-hydrogen) atoms. The molecule has 0 saturated heterocycles. The van der Waals surface area contributed by atoms with Crippen LogP contribution in [0.25, 0.3) is 0 Å². The van der Waals surface area contributed by atoms with E-state index >= 15 is 0 Å². The summed E-state index contributed by atoms with van der Waals surface area (Å²) in [5.74, 6) is 0.191.